The second kappa shape index (κ2) is 4.34. The zero-order valence-corrected chi connectivity index (χ0v) is 27.3. The van der Waals surface area contributed by atoms with Gasteiger partial charge in [-0.15, -0.1) is 0 Å². The first-order valence-corrected chi connectivity index (χ1v) is 23.3. The summed E-state index contributed by atoms with van der Waals surface area (Å²) in [6, 6.07) is 18.2. The first-order valence-electron chi connectivity index (χ1n) is 17.0. The number of aliphatic hydroxyl groups is 1. The Morgan fingerprint density at radius 1 is 0.674 bits per heavy atom. The summed E-state index contributed by atoms with van der Waals surface area (Å²) >= 11 is 0. The number of benzene rings is 2. The summed E-state index contributed by atoms with van der Waals surface area (Å²) in [6.45, 7) is 0.429. The third kappa shape index (κ3) is 0.820. The van der Waals surface area contributed by atoms with Crippen LogP contribution in [0.15, 0.2) is 54.1 Å². The molecule has 10 aliphatic rings. The van der Waals surface area contributed by atoms with Crippen LogP contribution in [0.2, 0.25) is 47.7 Å². The number of ether oxygens (including phenoxy) is 2. The summed E-state index contributed by atoms with van der Waals surface area (Å²) in [4.78, 5) is 15.8. The monoisotopic (exact) mass is 624 g/mol. The molecule has 1 N–H and O–H groups in total. The molecule has 4 atom stereocenters. The molecule has 10 saturated heterocycles. The van der Waals surface area contributed by atoms with Crippen molar-refractivity contribution in [2.45, 2.75) is 73.3 Å². The Morgan fingerprint density at radius 2 is 1.12 bits per heavy atom. The second-order valence-corrected chi connectivity index (χ2v) is 42.0. The van der Waals surface area contributed by atoms with Gasteiger partial charge in [-0.3, -0.25) is 0 Å². The molecule has 0 radical (unpaired) electrons. The fourth-order valence-corrected chi connectivity index (χ4v) is 95.3. The van der Waals surface area contributed by atoms with E-state index < -0.39 is 6.51 Å². The Bertz CT molecular complexity index is 1820. The summed E-state index contributed by atoms with van der Waals surface area (Å²) in [5.74, 6) is 1.94. The van der Waals surface area contributed by atoms with Crippen LogP contribution in [-0.4, -0.2) is 76.0 Å². The number of hydrogen-bond donors (Lipinski definition) is 1. The molecule has 4 unspecified atom stereocenters. The maximum atomic E-state index is 10.2. The Morgan fingerprint density at radius 3 is 1.44 bits per heavy atom. The molecule has 6 heteroatoms. The molecule has 10 aliphatic heterocycles. The van der Waals surface area contributed by atoms with Gasteiger partial charge in [0.2, 0.25) is 0 Å². The van der Waals surface area contributed by atoms with Gasteiger partial charge in [-0.05, 0) is 28.2 Å². The van der Waals surface area contributed by atoms with Gasteiger partial charge in [-0.1, -0.05) is 0 Å². The predicted molar refractivity (Wildman–Crippen MR) is 169 cm³/mol. The van der Waals surface area contributed by atoms with Gasteiger partial charge < -0.3 is 0 Å². The fraction of sp³-hybridized carbons (Fsp3) is 0.622. The van der Waals surface area contributed by atoms with Crippen molar-refractivity contribution in [3.8, 4) is 11.5 Å². The molecule has 0 aliphatic carbocycles. The molecule has 0 aromatic heterocycles. The zero-order chi connectivity index (χ0) is 29.1. The van der Waals surface area contributed by atoms with Crippen molar-refractivity contribution >= 4 is 5.57 Å². The summed E-state index contributed by atoms with van der Waals surface area (Å²) in [5.41, 5.74) is 6.04. The van der Waals surface area contributed by atoms with Gasteiger partial charge in [0.15, 0.2) is 0 Å². The van der Waals surface area contributed by atoms with Crippen molar-refractivity contribution in [2.24, 2.45) is 0 Å². The third-order valence-electron chi connectivity index (χ3n) is 20.3. The van der Waals surface area contributed by atoms with E-state index in [2.05, 4.69) is 86.5 Å². The molecule has 0 bridgehead atoms. The number of allylic oxidation sites excluding steroid dienone is 1. The van der Waals surface area contributed by atoms with Crippen molar-refractivity contribution in [3.05, 3.63) is 65.2 Å². The first kappa shape index (κ1) is 24.4. The van der Waals surface area contributed by atoms with Crippen LogP contribution in [0.5, 0.6) is 11.5 Å². The van der Waals surface area contributed by atoms with E-state index in [-0.39, 0.29) is 0 Å². The van der Waals surface area contributed by atoms with Crippen LogP contribution in [-0.2, 0) is 6.51 Å². The van der Waals surface area contributed by atoms with Gasteiger partial charge in [0, 0.05) is 0 Å². The minimum atomic E-state index is -3.45. The summed E-state index contributed by atoms with van der Waals surface area (Å²) < 4.78 is 13.0. The minimum absolute atomic E-state index is 0.295. The van der Waals surface area contributed by atoms with E-state index in [0.717, 1.165) is 63.5 Å². The standard InChI is InChI=1S/C32H43N2O3.C5H5.Fe/c1-33(2)21-8-24-36-29-17-13-27(14-18-29)32(31(12-7-23-35)26-10-5-6-11-26)28-15-19-30(20-16-28)37-25-9-22-34(3)4;1-2-4-5-3-1;/h5-6,10-11,13-20,35H,7-9,12,21-25H2,1-4H3;1-5H;. The molecular formula is C37H48FeN2O3. The Balaban J connectivity index is 0.940. The van der Waals surface area contributed by atoms with Crippen LogP contribution in [0.4, 0.5) is 0 Å². The number of rotatable bonds is 16. The third-order valence-corrected chi connectivity index (χ3v) is 62.7. The summed E-state index contributed by atoms with van der Waals surface area (Å²) in [6.07, 6.45) is 4.05. The molecule has 1 spiro atoms. The topological polar surface area (TPSA) is 45.2 Å². The van der Waals surface area contributed by atoms with Crippen LogP contribution >= 0.6 is 0 Å². The summed E-state index contributed by atoms with van der Waals surface area (Å²) in [5, 5.41) is 10.2. The molecule has 5 nitrogen and oxygen atoms in total. The van der Waals surface area contributed by atoms with Crippen LogP contribution in [0.3, 0.4) is 0 Å². The number of nitrogens with zero attached hydrogens (tertiary/aromatic N) is 2. The molecule has 43 heavy (non-hydrogen) atoms. The van der Waals surface area contributed by atoms with Gasteiger partial charge in [0.1, 0.15) is 0 Å². The average molecular weight is 625 g/mol. The molecule has 2 aromatic rings. The van der Waals surface area contributed by atoms with Gasteiger partial charge in [-0.2, -0.15) is 0 Å². The van der Waals surface area contributed by atoms with Crippen LogP contribution in [0.1, 0.15) is 36.8 Å². The molecule has 0 saturated carbocycles. The normalized spacial score (nSPS) is 54.2. The molecule has 2 aromatic carbocycles. The van der Waals surface area contributed by atoms with E-state index in [4.69, 9.17) is 9.47 Å². The SMILES string of the molecule is CN(C)CCCOc1ccc(C(=C(CCCO)[C]23[CH]4[CH]5[CH]6[CH]2[Fe]56432789[CH]3[CH]2[CH]7[CH]8[CH]39)c2ccc(OCCCN(C)C)cc2)cc1. The second-order valence-electron chi connectivity index (χ2n) is 18.4. The average Bonchev–Trinajstić information content (AvgIpc) is 3.94. The van der Waals surface area contributed by atoms with E-state index in [1.54, 1.807) is 0 Å². The van der Waals surface area contributed by atoms with Gasteiger partial charge >= 0.3 is 219 Å². The molecule has 232 valence electrons. The number of aliphatic hydroxyl groups excluding tert-OH is 1. The van der Waals surface area contributed by atoms with Crippen LogP contribution in [0.25, 0.3) is 5.57 Å². The first-order chi connectivity index (χ1) is 20.7. The Hall–Kier alpha value is -1.82. The van der Waals surface area contributed by atoms with Crippen molar-refractivity contribution in [3.63, 3.8) is 0 Å². The van der Waals surface area contributed by atoms with Gasteiger partial charge in [0.25, 0.3) is 0 Å². The number of fused-ring (bicyclic) bond motifs is 10. The van der Waals surface area contributed by atoms with Crippen LogP contribution in [0, 0.1) is 0 Å². The van der Waals surface area contributed by atoms with E-state index in [1.807, 2.05) is 5.57 Å². The zero-order valence-electron chi connectivity index (χ0n) is 26.2. The van der Waals surface area contributed by atoms with E-state index in [0.29, 0.717) is 10.9 Å². The Kier molecular flexibility index (Phi) is 2.47. The maximum absolute atomic E-state index is 10.2. The molecular weight excluding hydrogens is 576 g/mol. The van der Waals surface area contributed by atoms with E-state index in [1.165, 1.54) is 60.0 Å². The molecule has 10 heterocycles. The quantitative estimate of drug-likeness (QED) is 0.153. The van der Waals surface area contributed by atoms with Gasteiger partial charge in [-0.25, -0.2) is 0 Å². The fourth-order valence-electron chi connectivity index (χ4n) is 20.9. The molecule has 12 rings (SSSR count). The van der Waals surface area contributed by atoms with Crippen molar-refractivity contribution in [2.75, 3.05) is 61.1 Å². The number of hydrogen-bond acceptors (Lipinski definition) is 5. The van der Waals surface area contributed by atoms with Crippen molar-refractivity contribution < 1.29 is 21.1 Å². The Labute approximate surface area is 246 Å². The van der Waals surface area contributed by atoms with Crippen molar-refractivity contribution in [1.82, 2.24) is 9.80 Å². The van der Waals surface area contributed by atoms with E-state index >= 15 is 0 Å². The summed E-state index contributed by atoms with van der Waals surface area (Å²) in [7, 11) is 8.46. The van der Waals surface area contributed by atoms with Crippen LogP contribution < -0.4 is 9.47 Å². The van der Waals surface area contributed by atoms with Gasteiger partial charge in [0.05, 0.1) is 0 Å². The molecule has 10 fully saturated rings. The van der Waals surface area contributed by atoms with E-state index in [9.17, 15) is 5.11 Å². The van der Waals surface area contributed by atoms with Crippen molar-refractivity contribution in [1.29, 1.82) is 0 Å². The predicted octanol–water partition coefficient (Wildman–Crippen LogP) is 7.68. The molecule has 0 amide bonds.